The molecular formula is C20H26O6. The van der Waals surface area contributed by atoms with Gasteiger partial charge in [0.15, 0.2) is 5.78 Å². The molecule has 0 bridgehead atoms. The minimum absolute atomic E-state index is 0.0146. The number of carbonyl (C=O) groups is 1. The molecule has 3 N–H and O–H groups in total. The third kappa shape index (κ3) is 2.68. The fraction of sp³-hybridized carbons (Fsp3) is 0.550. The first-order chi connectivity index (χ1) is 11.9. The van der Waals surface area contributed by atoms with Crippen molar-refractivity contribution in [3.05, 3.63) is 22.8 Å². The first kappa shape index (κ1) is 18.7. The van der Waals surface area contributed by atoms with Gasteiger partial charge in [-0.2, -0.15) is 0 Å². The summed E-state index contributed by atoms with van der Waals surface area (Å²) in [5, 5.41) is 31.9. The van der Waals surface area contributed by atoms with Crippen molar-refractivity contribution in [3.63, 3.8) is 0 Å². The molecule has 0 amide bonds. The average molecular weight is 362 g/mol. The van der Waals surface area contributed by atoms with Gasteiger partial charge in [-0.05, 0) is 39.8 Å². The number of aliphatic hydroxyl groups is 2. The van der Waals surface area contributed by atoms with E-state index in [1.54, 1.807) is 33.8 Å². The fourth-order valence-electron chi connectivity index (χ4n) is 3.33. The Labute approximate surface area is 153 Å². The van der Waals surface area contributed by atoms with E-state index in [1.807, 2.05) is 19.9 Å². The monoisotopic (exact) mass is 362 g/mol. The number of phenolic OH excluding ortho intramolecular Hbond substituents is 1. The predicted molar refractivity (Wildman–Crippen MR) is 96.7 cm³/mol. The zero-order chi connectivity index (χ0) is 19.6. The van der Waals surface area contributed by atoms with E-state index < -0.39 is 29.2 Å². The molecule has 0 aromatic heterocycles. The highest BCUT2D eigenvalue weighted by molar-refractivity contribution is 6.05. The van der Waals surface area contributed by atoms with Crippen LogP contribution in [-0.4, -0.2) is 38.4 Å². The molecule has 0 spiro atoms. The van der Waals surface area contributed by atoms with Crippen LogP contribution in [-0.2, 0) is 0 Å². The highest BCUT2D eigenvalue weighted by atomic mass is 16.5. The number of aliphatic hydroxyl groups excluding tert-OH is 2. The standard InChI is InChI=1S/C20H26O6/c1-9(2)13(21)11-14(22)12-15(23)18(24)20(5,6)26-17(12)10-7-8-19(3,4)25-16(10)11/h7-9,15,18,22-24H,1-6H3/t15-,18-/m1/s1. The maximum absolute atomic E-state index is 12.8. The van der Waals surface area contributed by atoms with Crippen LogP contribution < -0.4 is 9.47 Å². The minimum atomic E-state index is -1.39. The molecule has 0 saturated carbocycles. The lowest BCUT2D eigenvalue weighted by Crippen LogP contribution is -2.49. The van der Waals surface area contributed by atoms with E-state index in [1.165, 1.54) is 0 Å². The SMILES string of the molecule is CC(C)C(=O)c1c(O)c2c(c3c1OC(C)(C)C=C3)OC(C)(C)[C@H](O)[C@@H]2O. The summed E-state index contributed by atoms with van der Waals surface area (Å²) in [4.78, 5) is 12.8. The topological polar surface area (TPSA) is 96.2 Å². The van der Waals surface area contributed by atoms with Gasteiger partial charge in [-0.1, -0.05) is 13.8 Å². The first-order valence-corrected chi connectivity index (χ1v) is 8.78. The highest BCUT2D eigenvalue weighted by Gasteiger charge is 2.47. The minimum Gasteiger partial charge on any atom is -0.507 e. The van der Waals surface area contributed by atoms with E-state index in [-0.39, 0.29) is 34.3 Å². The van der Waals surface area contributed by atoms with Crippen molar-refractivity contribution < 1.29 is 29.6 Å². The van der Waals surface area contributed by atoms with Crippen molar-refractivity contribution in [1.29, 1.82) is 0 Å². The van der Waals surface area contributed by atoms with Crippen molar-refractivity contribution in [2.75, 3.05) is 0 Å². The fourth-order valence-corrected chi connectivity index (χ4v) is 3.33. The molecule has 1 aromatic carbocycles. The van der Waals surface area contributed by atoms with Crippen LogP contribution in [0.5, 0.6) is 17.2 Å². The first-order valence-electron chi connectivity index (χ1n) is 8.78. The number of carbonyl (C=O) groups excluding carboxylic acids is 1. The van der Waals surface area contributed by atoms with Crippen LogP contribution >= 0.6 is 0 Å². The van der Waals surface area contributed by atoms with Gasteiger partial charge in [0.1, 0.15) is 46.2 Å². The summed E-state index contributed by atoms with van der Waals surface area (Å²) < 4.78 is 11.9. The van der Waals surface area contributed by atoms with E-state index >= 15 is 0 Å². The van der Waals surface area contributed by atoms with Gasteiger partial charge in [-0.3, -0.25) is 4.79 Å². The van der Waals surface area contributed by atoms with Crippen LogP contribution in [0.1, 0.15) is 69.1 Å². The maximum Gasteiger partial charge on any atom is 0.172 e. The lowest BCUT2D eigenvalue weighted by molar-refractivity contribution is -0.112. The molecule has 2 aliphatic rings. The quantitative estimate of drug-likeness (QED) is 0.700. The molecule has 3 rings (SSSR count). The molecule has 0 aliphatic carbocycles. The summed E-state index contributed by atoms with van der Waals surface area (Å²) in [6.45, 7) is 10.4. The number of phenols is 1. The molecule has 0 radical (unpaired) electrons. The molecule has 6 heteroatoms. The third-order valence-electron chi connectivity index (χ3n) is 4.91. The number of Topliss-reactive ketones (excluding diaryl/α,β-unsaturated/α-hetero) is 1. The Bertz CT molecular complexity index is 803. The van der Waals surface area contributed by atoms with E-state index in [0.29, 0.717) is 5.56 Å². The van der Waals surface area contributed by atoms with Crippen molar-refractivity contribution in [2.24, 2.45) is 5.92 Å². The van der Waals surface area contributed by atoms with E-state index in [0.717, 1.165) is 0 Å². The highest BCUT2D eigenvalue weighted by Crippen LogP contribution is 2.54. The average Bonchev–Trinajstić information content (AvgIpc) is 2.51. The van der Waals surface area contributed by atoms with Crippen molar-refractivity contribution in [3.8, 4) is 17.2 Å². The molecule has 2 heterocycles. The second kappa shape index (κ2) is 5.72. The number of rotatable bonds is 2. The van der Waals surface area contributed by atoms with Gasteiger partial charge < -0.3 is 24.8 Å². The number of ether oxygens (including phenoxy) is 2. The zero-order valence-electron chi connectivity index (χ0n) is 16.0. The smallest absolute Gasteiger partial charge is 0.172 e. The van der Waals surface area contributed by atoms with Gasteiger partial charge in [0.25, 0.3) is 0 Å². The molecule has 0 unspecified atom stereocenters. The van der Waals surface area contributed by atoms with Crippen LogP contribution in [0.15, 0.2) is 6.08 Å². The summed E-state index contributed by atoms with van der Waals surface area (Å²) in [5.41, 5.74) is -1.22. The van der Waals surface area contributed by atoms with Crippen LogP contribution in [0.4, 0.5) is 0 Å². The molecular weight excluding hydrogens is 336 g/mol. The van der Waals surface area contributed by atoms with Gasteiger partial charge in [-0.15, -0.1) is 0 Å². The predicted octanol–water partition coefficient (Wildman–Crippen LogP) is 2.98. The number of benzene rings is 1. The number of aromatic hydroxyl groups is 1. The molecule has 6 nitrogen and oxygen atoms in total. The Hall–Kier alpha value is -2.05. The Morgan fingerprint density at radius 1 is 1.12 bits per heavy atom. The molecule has 0 saturated heterocycles. The van der Waals surface area contributed by atoms with Crippen LogP contribution in [0.25, 0.3) is 6.08 Å². The van der Waals surface area contributed by atoms with Gasteiger partial charge in [0, 0.05) is 5.92 Å². The Morgan fingerprint density at radius 3 is 2.31 bits per heavy atom. The number of fused-ring (bicyclic) bond motifs is 3. The van der Waals surface area contributed by atoms with Gasteiger partial charge in [0.05, 0.1) is 11.1 Å². The molecule has 26 heavy (non-hydrogen) atoms. The van der Waals surface area contributed by atoms with Crippen LogP contribution in [0, 0.1) is 5.92 Å². The second-order valence-corrected chi connectivity index (χ2v) is 8.36. The third-order valence-corrected chi connectivity index (χ3v) is 4.91. The molecule has 1 aromatic rings. The summed E-state index contributed by atoms with van der Waals surface area (Å²) in [6, 6.07) is 0. The van der Waals surface area contributed by atoms with Gasteiger partial charge in [-0.25, -0.2) is 0 Å². The maximum atomic E-state index is 12.8. The summed E-state index contributed by atoms with van der Waals surface area (Å²) >= 11 is 0. The van der Waals surface area contributed by atoms with E-state index in [4.69, 9.17) is 9.47 Å². The lowest BCUT2D eigenvalue weighted by Gasteiger charge is -2.42. The Morgan fingerprint density at radius 2 is 1.73 bits per heavy atom. The van der Waals surface area contributed by atoms with Crippen molar-refractivity contribution in [2.45, 2.75) is 65.0 Å². The summed E-state index contributed by atoms with van der Waals surface area (Å²) in [6.07, 6.45) is 0.950. The van der Waals surface area contributed by atoms with Gasteiger partial charge in [0.2, 0.25) is 0 Å². The Balaban J connectivity index is 2.37. The van der Waals surface area contributed by atoms with E-state index in [9.17, 15) is 20.1 Å². The zero-order valence-corrected chi connectivity index (χ0v) is 16.0. The largest absolute Gasteiger partial charge is 0.507 e. The summed E-state index contributed by atoms with van der Waals surface area (Å²) in [5.74, 6) is -0.618. The van der Waals surface area contributed by atoms with Crippen molar-refractivity contribution >= 4 is 11.9 Å². The summed E-state index contributed by atoms with van der Waals surface area (Å²) in [7, 11) is 0. The number of hydrogen-bond donors (Lipinski definition) is 3. The normalized spacial score (nSPS) is 25.1. The molecule has 2 atom stereocenters. The second-order valence-electron chi connectivity index (χ2n) is 8.36. The lowest BCUT2D eigenvalue weighted by atomic mass is 9.83. The molecule has 2 aliphatic heterocycles. The van der Waals surface area contributed by atoms with Crippen LogP contribution in [0.3, 0.4) is 0 Å². The molecule has 142 valence electrons. The van der Waals surface area contributed by atoms with Crippen LogP contribution in [0.2, 0.25) is 0 Å². The van der Waals surface area contributed by atoms with Crippen molar-refractivity contribution in [1.82, 2.24) is 0 Å². The number of hydrogen-bond acceptors (Lipinski definition) is 6. The molecule has 0 fully saturated rings. The Kier molecular flexibility index (Phi) is 4.12. The number of ketones is 1. The van der Waals surface area contributed by atoms with Gasteiger partial charge >= 0.3 is 0 Å². The van der Waals surface area contributed by atoms with E-state index in [2.05, 4.69) is 0 Å².